The summed E-state index contributed by atoms with van der Waals surface area (Å²) in [5.74, 6) is -3.23. The Balaban J connectivity index is 2.18. The minimum absolute atomic E-state index is 0.216. The monoisotopic (exact) mass is 366 g/mol. The number of fused-ring (bicyclic) bond motifs is 3. The highest BCUT2D eigenvalue weighted by atomic mass is 16.6. The van der Waals surface area contributed by atoms with Gasteiger partial charge in [0.25, 0.3) is 0 Å². The van der Waals surface area contributed by atoms with Gasteiger partial charge in [-0.1, -0.05) is 26.0 Å². The number of carbonyl (C=O) groups excluding carboxylic acids is 1. The summed E-state index contributed by atoms with van der Waals surface area (Å²) in [6, 6.07) is 0. The minimum Gasteiger partial charge on any atom is -0.390 e. The van der Waals surface area contributed by atoms with Gasteiger partial charge < -0.3 is 25.2 Å². The first-order chi connectivity index (χ1) is 11.9. The van der Waals surface area contributed by atoms with Crippen molar-refractivity contribution in [3.05, 3.63) is 23.3 Å². The number of ether oxygens (including phenoxy) is 1. The van der Waals surface area contributed by atoms with E-state index in [0.29, 0.717) is 18.4 Å². The van der Waals surface area contributed by atoms with Gasteiger partial charge in [-0.05, 0) is 37.8 Å². The summed E-state index contributed by atoms with van der Waals surface area (Å²) in [4.78, 5) is 13.6. The Kier molecular flexibility index (Phi) is 4.73. The van der Waals surface area contributed by atoms with Crippen LogP contribution in [0.25, 0.3) is 0 Å². The summed E-state index contributed by atoms with van der Waals surface area (Å²) < 4.78 is 5.85. The van der Waals surface area contributed by atoms with Gasteiger partial charge in [0, 0.05) is 23.7 Å². The molecule has 4 N–H and O–H groups in total. The first-order valence-corrected chi connectivity index (χ1v) is 9.28. The Labute approximate surface area is 154 Å². The van der Waals surface area contributed by atoms with Gasteiger partial charge in [-0.3, -0.25) is 4.79 Å². The summed E-state index contributed by atoms with van der Waals surface area (Å²) >= 11 is 0. The average molecular weight is 366 g/mol. The highest BCUT2D eigenvalue weighted by Crippen LogP contribution is 2.53. The molecular formula is C20H30O6. The van der Waals surface area contributed by atoms with Gasteiger partial charge in [0.2, 0.25) is 0 Å². The van der Waals surface area contributed by atoms with Crippen molar-refractivity contribution in [3.8, 4) is 0 Å². The molecule has 3 aliphatic rings. The molecule has 146 valence electrons. The van der Waals surface area contributed by atoms with Crippen LogP contribution in [-0.2, 0) is 9.53 Å². The van der Waals surface area contributed by atoms with Gasteiger partial charge in [-0.2, -0.15) is 0 Å². The van der Waals surface area contributed by atoms with Crippen LogP contribution < -0.4 is 0 Å². The van der Waals surface area contributed by atoms with Crippen LogP contribution in [0.1, 0.15) is 47.0 Å². The van der Waals surface area contributed by atoms with E-state index in [4.69, 9.17) is 4.74 Å². The molecule has 2 bridgehead atoms. The molecule has 0 aromatic carbocycles. The third-order valence-corrected chi connectivity index (χ3v) is 6.81. The summed E-state index contributed by atoms with van der Waals surface area (Å²) in [7, 11) is 0. The van der Waals surface area contributed by atoms with E-state index in [0.717, 1.165) is 11.1 Å². The van der Waals surface area contributed by atoms with Gasteiger partial charge in [0.15, 0.2) is 11.6 Å². The zero-order chi connectivity index (χ0) is 19.6. The van der Waals surface area contributed by atoms with Crippen molar-refractivity contribution in [2.75, 3.05) is 0 Å². The van der Waals surface area contributed by atoms with E-state index in [9.17, 15) is 25.2 Å². The van der Waals surface area contributed by atoms with E-state index in [1.807, 2.05) is 13.8 Å². The second-order valence-electron chi connectivity index (χ2n) is 8.67. The van der Waals surface area contributed by atoms with Gasteiger partial charge >= 0.3 is 0 Å². The molecule has 0 unspecified atom stereocenters. The zero-order valence-corrected chi connectivity index (χ0v) is 15.9. The lowest BCUT2D eigenvalue weighted by atomic mass is 9.58. The summed E-state index contributed by atoms with van der Waals surface area (Å²) in [6.07, 6.45) is -3.89. The number of Topliss-reactive ketones (excluding diaryl/α,β-unsaturated/α-hetero) is 1. The lowest BCUT2D eigenvalue weighted by molar-refractivity contribution is -0.227. The fraction of sp³-hybridized carbons (Fsp3) is 0.750. The van der Waals surface area contributed by atoms with E-state index < -0.39 is 47.5 Å². The molecule has 2 heterocycles. The van der Waals surface area contributed by atoms with Gasteiger partial charge in [-0.25, -0.2) is 0 Å². The lowest BCUT2D eigenvalue weighted by Gasteiger charge is -2.47. The smallest absolute Gasteiger partial charge is 0.175 e. The molecule has 0 aromatic heterocycles. The Bertz CT molecular complexity index is 665. The average Bonchev–Trinajstić information content (AvgIpc) is 2.82. The summed E-state index contributed by atoms with van der Waals surface area (Å²) in [6.45, 7) is 11.2. The number of aliphatic hydroxyl groups is 4. The predicted molar refractivity (Wildman–Crippen MR) is 95.0 cm³/mol. The number of ketones is 1. The second kappa shape index (κ2) is 6.24. The van der Waals surface area contributed by atoms with Crippen LogP contribution in [-0.4, -0.2) is 56.4 Å². The Morgan fingerprint density at radius 3 is 2.46 bits per heavy atom. The lowest BCUT2D eigenvalue weighted by Crippen LogP contribution is -2.54. The van der Waals surface area contributed by atoms with Crippen molar-refractivity contribution < 1.29 is 30.0 Å². The molecule has 26 heavy (non-hydrogen) atoms. The predicted octanol–water partition coefficient (Wildman–Crippen LogP) is 1.07. The first kappa shape index (κ1) is 19.7. The van der Waals surface area contributed by atoms with Crippen LogP contribution in [0.5, 0.6) is 0 Å². The topological polar surface area (TPSA) is 107 Å². The van der Waals surface area contributed by atoms with Crippen LogP contribution in [0.3, 0.4) is 0 Å². The molecule has 2 aliphatic heterocycles. The quantitative estimate of drug-likeness (QED) is 0.478. The van der Waals surface area contributed by atoms with Crippen LogP contribution in [0.2, 0.25) is 0 Å². The highest BCUT2D eigenvalue weighted by Gasteiger charge is 2.61. The van der Waals surface area contributed by atoms with E-state index in [1.54, 1.807) is 13.8 Å². The zero-order valence-electron chi connectivity index (χ0n) is 15.9. The van der Waals surface area contributed by atoms with E-state index in [-0.39, 0.29) is 12.2 Å². The SMILES string of the molecule is C=C1[C@@H](O)CC[C@@]2(C)C(=O)[C@H]3O[C@@](O)(C[C@@H](O)[C@@H](O)[C@H]12)[C@H](C)C3=C(C)C. The molecular weight excluding hydrogens is 336 g/mol. The van der Waals surface area contributed by atoms with Crippen LogP contribution in [0, 0.1) is 17.3 Å². The maximum absolute atomic E-state index is 13.6. The third kappa shape index (κ3) is 2.62. The fourth-order valence-electron chi connectivity index (χ4n) is 5.16. The molecule has 0 radical (unpaired) electrons. The Morgan fingerprint density at radius 2 is 1.88 bits per heavy atom. The number of aliphatic hydroxyl groups excluding tert-OH is 3. The minimum atomic E-state index is -1.73. The molecule has 1 saturated carbocycles. The van der Waals surface area contributed by atoms with Crippen molar-refractivity contribution in [1.29, 1.82) is 0 Å². The summed E-state index contributed by atoms with van der Waals surface area (Å²) in [5.41, 5.74) is 0.947. The molecule has 3 fully saturated rings. The number of allylic oxidation sites excluding steroid dienone is 1. The number of hydrogen-bond donors (Lipinski definition) is 4. The molecule has 6 heteroatoms. The number of carbonyl (C=O) groups is 1. The second-order valence-corrected chi connectivity index (χ2v) is 8.67. The maximum atomic E-state index is 13.6. The summed E-state index contributed by atoms with van der Waals surface area (Å²) in [5, 5.41) is 42.7. The fourth-order valence-corrected chi connectivity index (χ4v) is 5.16. The Hall–Kier alpha value is -1.05. The van der Waals surface area contributed by atoms with Gasteiger partial charge in [0.1, 0.15) is 6.10 Å². The molecule has 0 amide bonds. The molecule has 3 rings (SSSR count). The van der Waals surface area contributed by atoms with E-state index >= 15 is 0 Å². The molecule has 2 saturated heterocycles. The van der Waals surface area contributed by atoms with Crippen molar-refractivity contribution >= 4 is 5.78 Å². The van der Waals surface area contributed by atoms with E-state index in [2.05, 4.69) is 6.58 Å². The number of hydrogen-bond acceptors (Lipinski definition) is 6. The van der Waals surface area contributed by atoms with Crippen molar-refractivity contribution in [2.24, 2.45) is 17.3 Å². The van der Waals surface area contributed by atoms with Gasteiger partial charge in [-0.15, -0.1) is 0 Å². The normalized spacial score (nSPS) is 49.3. The van der Waals surface area contributed by atoms with Crippen LogP contribution >= 0.6 is 0 Å². The van der Waals surface area contributed by atoms with Crippen molar-refractivity contribution in [2.45, 2.75) is 77.2 Å². The standard InChI is InChI=1S/C20H30O6/c1-9(2)14-11(4)20(25)8-13(22)16(23)15-10(3)12(21)6-7-19(15,5)18(24)17(14)26-20/h11-13,15-17,21-23,25H,3,6-8H2,1-2,4-5H3/t11-,12+,13-,15+,16-,17+,19-,20+/m1/s1. The third-order valence-electron chi connectivity index (χ3n) is 6.81. The van der Waals surface area contributed by atoms with Crippen molar-refractivity contribution in [1.82, 2.24) is 0 Å². The van der Waals surface area contributed by atoms with Crippen LogP contribution in [0.15, 0.2) is 23.3 Å². The molecule has 0 aromatic rings. The highest BCUT2D eigenvalue weighted by molar-refractivity contribution is 5.93. The molecule has 0 spiro atoms. The maximum Gasteiger partial charge on any atom is 0.175 e. The first-order valence-electron chi connectivity index (χ1n) is 9.28. The van der Waals surface area contributed by atoms with Gasteiger partial charge in [0.05, 0.1) is 18.3 Å². The molecule has 8 atom stereocenters. The number of rotatable bonds is 0. The molecule has 1 aliphatic carbocycles. The van der Waals surface area contributed by atoms with E-state index in [1.165, 1.54) is 0 Å². The largest absolute Gasteiger partial charge is 0.390 e. The molecule has 6 nitrogen and oxygen atoms in total. The van der Waals surface area contributed by atoms with Crippen LogP contribution in [0.4, 0.5) is 0 Å². The van der Waals surface area contributed by atoms with Crippen molar-refractivity contribution in [3.63, 3.8) is 0 Å². The Morgan fingerprint density at radius 1 is 1.27 bits per heavy atom.